The molecule has 1 rings (SSSR count). The lowest BCUT2D eigenvalue weighted by atomic mass is 9.86. The van der Waals surface area contributed by atoms with Crippen LogP contribution in [0.2, 0.25) is 0 Å². The van der Waals surface area contributed by atoms with Gasteiger partial charge in [0, 0.05) is 6.42 Å². The van der Waals surface area contributed by atoms with E-state index in [2.05, 4.69) is 38.2 Å². The van der Waals surface area contributed by atoms with E-state index in [9.17, 15) is 0 Å². The first-order chi connectivity index (χ1) is 8.49. The number of nitriles is 1. The van der Waals surface area contributed by atoms with Crippen LogP contribution >= 0.6 is 0 Å². The van der Waals surface area contributed by atoms with Gasteiger partial charge in [0.25, 0.3) is 0 Å². The molecule has 1 atom stereocenters. The van der Waals surface area contributed by atoms with Crippen LogP contribution in [0.3, 0.4) is 0 Å². The molecule has 0 aliphatic rings. The number of para-hydroxylation sites is 1. The van der Waals surface area contributed by atoms with Gasteiger partial charge in [-0.3, -0.25) is 0 Å². The third kappa shape index (κ3) is 4.05. The van der Waals surface area contributed by atoms with Gasteiger partial charge in [-0.1, -0.05) is 39.0 Å². The molecule has 1 unspecified atom stereocenters. The van der Waals surface area contributed by atoms with Gasteiger partial charge in [-0.15, -0.1) is 0 Å². The fourth-order valence-corrected chi connectivity index (χ4v) is 1.77. The Morgan fingerprint density at radius 3 is 2.56 bits per heavy atom. The SMILES string of the molecule is CNC(C#N)CCOc1ccccc1C(C)(C)C. The molecule has 0 saturated heterocycles. The van der Waals surface area contributed by atoms with Crippen LogP contribution in [0, 0.1) is 11.3 Å². The summed E-state index contributed by atoms with van der Waals surface area (Å²) in [5.41, 5.74) is 1.26. The molecule has 3 nitrogen and oxygen atoms in total. The average Bonchev–Trinajstić information content (AvgIpc) is 2.34. The summed E-state index contributed by atoms with van der Waals surface area (Å²) in [5.74, 6) is 0.915. The highest BCUT2D eigenvalue weighted by Gasteiger charge is 2.18. The van der Waals surface area contributed by atoms with Crippen LogP contribution in [0.4, 0.5) is 0 Å². The van der Waals surface area contributed by atoms with Gasteiger partial charge in [0.15, 0.2) is 0 Å². The first-order valence-electron chi connectivity index (χ1n) is 6.28. The van der Waals surface area contributed by atoms with E-state index in [4.69, 9.17) is 10.00 Å². The second kappa shape index (κ2) is 6.42. The highest BCUT2D eigenvalue weighted by atomic mass is 16.5. The summed E-state index contributed by atoms with van der Waals surface area (Å²) in [6.45, 7) is 7.05. The maximum absolute atomic E-state index is 8.84. The smallest absolute Gasteiger partial charge is 0.123 e. The summed E-state index contributed by atoms with van der Waals surface area (Å²) in [5, 5.41) is 11.8. The fraction of sp³-hybridized carbons (Fsp3) is 0.533. The van der Waals surface area contributed by atoms with Gasteiger partial charge in [-0.2, -0.15) is 5.26 Å². The molecule has 18 heavy (non-hydrogen) atoms. The zero-order valence-corrected chi connectivity index (χ0v) is 11.7. The van der Waals surface area contributed by atoms with Gasteiger partial charge >= 0.3 is 0 Å². The number of nitrogens with one attached hydrogen (secondary N) is 1. The van der Waals surface area contributed by atoms with E-state index in [0.29, 0.717) is 13.0 Å². The molecule has 1 aromatic carbocycles. The molecule has 0 aliphatic heterocycles. The molecular weight excluding hydrogens is 224 g/mol. The lowest BCUT2D eigenvalue weighted by molar-refractivity contribution is 0.293. The minimum atomic E-state index is -0.146. The summed E-state index contributed by atoms with van der Waals surface area (Å²) >= 11 is 0. The monoisotopic (exact) mass is 246 g/mol. The first kappa shape index (κ1) is 14.5. The van der Waals surface area contributed by atoms with Crippen LogP contribution < -0.4 is 10.1 Å². The van der Waals surface area contributed by atoms with Crippen molar-refractivity contribution in [3.63, 3.8) is 0 Å². The lowest BCUT2D eigenvalue weighted by Gasteiger charge is -2.22. The Bertz CT molecular complexity index is 415. The van der Waals surface area contributed by atoms with Crippen LogP contribution in [0.1, 0.15) is 32.8 Å². The van der Waals surface area contributed by atoms with Gasteiger partial charge in [-0.25, -0.2) is 0 Å². The molecule has 3 heteroatoms. The highest BCUT2D eigenvalue weighted by Crippen LogP contribution is 2.30. The van der Waals surface area contributed by atoms with Gasteiger partial charge in [0.2, 0.25) is 0 Å². The molecule has 1 N–H and O–H groups in total. The van der Waals surface area contributed by atoms with Crippen LogP contribution in [0.5, 0.6) is 5.75 Å². The normalized spacial score (nSPS) is 12.8. The van der Waals surface area contributed by atoms with E-state index in [1.54, 1.807) is 7.05 Å². The number of nitrogens with zero attached hydrogens (tertiary/aromatic N) is 1. The van der Waals surface area contributed by atoms with E-state index >= 15 is 0 Å². The Morgan fingerprint density at radius 1 is 1.33 bits per heavy atom. The summed E-state index contributed by atoms with van der Waals surface area (Å²) in [6.07, 6.45) is 0.686. The maximum Gasteiger partial charge on any atom is 0.123 e. The minimum absolute atomic E-state index is 0.0637. The third-order valence-electron chi connectivity index (χ3n) is 2.86. The third-order valence-corrected chi connectivity index (χ3v) is 2.86. The molecule has 0 heterocycles. The molecular formula is C15H22N2O. The van der Waals surface area contributed by atoms with Crippen LogP contribution in [-0.2, 0) is 5.41 Å². The minimum Gasteiger partial charge on any atom is -0.493 e. The Morgan fingerprint density at radius 2 is 2.00 bits per heavy atom. The predicted octanol–water partition coefficient (Wildman–Crippen LogP) is 2.86. The van der Waals surface area contributed by atoms with Crippen LogP contribution in [0.15, 0.2) is 24.3 Å². The number of hydrogen-bond donors (Lipinski definition) is 1. The van der Waals surface area contributed by atoms with E-state index in [1.807, 2.05) is 18.2 Å². The summed E-state index contributed by atoms with van der Waals surface area (Å²) < 4.78 is 5.81. The van der Waals surface area contributed by atoms with E-state index in [1.165, 1.54) is 5.56 Å². The summed E-state index contributed by atoms with van der Waals surface area (Å²) in [4.78, 5) is 0. The molecule has 0 amide bonds. The van der Waals surface area contributed by atoms with Crippen molar-refractivity contribution in [2.45, 2.75) is 38.6 Å². The molecule has 0 fully saturated rings. The van der Waals surface area contributed by atoms with Crippen molar-refractivity contribution in [3.05, 3.63) is 29.8 Å². The zero-order valence-electron chi connectivity index (χ0n) is 11.7. The second-order valence-electron chi connectivity index (χ2n) is 5.35. The number of ether oxygens (including phenoxy) is 1. The molecule has 0 bridgehead atoms. The zero-order chi connectivity index (χ0) is 13.6. The lowest BCUT2D eigenvalue weighted by Crippen LogP contribution is -2.25. The molecule has 0 spiro atoms. The van der Waals surface area contributed by atoms with E-state index in [0.717, 1.165) is 5.75 Å². The largest absolute Gasteiger partial charge is 0.493 e. The number of rotatable bonds is 5. The van der Waals surface area contributed by atoms with Gasteiger partial charge in [0.1, 0.15) is 5.75 Å². The van der Waals surface area contributed by atoms with Crippen LogP contribution in [0.25, 0.3) is 0 Å². The van der Waals surface area contributed by atoms with Crippen molar-refractivity contribution < 1.29 is 4.74 Å². The molecule has 0 aromatic heterocycles. The second-order valence-corrected chi connectivity index (χ2v) is 5.35. The first-order valence-corrected chi connectivity index (χ1v) is 6.28. The maximum atomic E-state index is 8.84. The Balaban J connectivity index is 2.66. The molecule has 0 radical (unpaired) electrons. The van der Waals surface area contributed by atoms with Crippen molar-refractivity contribution in [1.82, 2.24) is 5.32 Å². The number of hydrogen-bond acceptors (Lipinski definition) is 3. The van der Waals surface area contributed by atoms with Crippen molar-refractivity contribution in [3.8, 4) is 11.8 Å². The summed E-state index contributed by atoms with van der Waals surface area (Å²) in [6, 6.07) is 10.1. The molecule has 0 saturated carbocycles. The van der Waals surface area contributed by atoms with Crippen molar-refractivity contribution >= 4 is 0 Å². The topological polar surface area (TPSA) is 45.0 Å². The van der Waals surface area contributed by atoms with Gasteiger partial charge < -0.3 is 10.1 Å². The van der Waals surface area contributed by atoms with Crippen molar-refractivity contribution in [2.24, 2.45) is 0 Å². The molecule has 1 aromatic rings. The van der Waals surface area contributed by atoms with Crippen LogP contribution in [-0.4, -0.2) is 19.7 Å². The standard InChI is InChI=1S/C15H22N2O/c1-15(2,3)13-7-5-6-8-14(13)18-10-9-12(11-16)17-4/h5-8,12,17H,9-10H2,1-4H3. The fourth-order valence-electron chi connectivity index (χ4n) is 1.77. The van der Waals surface area contributed by atoms with Gasteiger partial charge in [0.05, 0.1) is 18.7 Å². The Labute approximate surface area is 110 Å². The average molecular weight is 246 g/mol. The predicted molar refractivity (Wildman–Crippen MR) is 73.7 cm³/mol. The Hall–Kier alpha value is -1.53. The number of benzene rings is 1. The Kier molecular flexibility index (Phi) is 5.18. The summed E-state index contributed by atoms with van der Waals surface area (Å²) in [7, 11) is 1.79. The van der Waals surface area contributed by atoms with Gasteiger partial charge in [-0.05, 0) is 24.1 Å². The molecule has 0 aliphatic carbocycles. The van der Waals surface area contributed by atoms with Crippen molar-refractivity contribution in [1.29, 1.82) is 5.26 Å². The quantitative estimate of drug-likeness (QED) is 0.869. The van der Waals surface area contributed by atoms with Crippen molar-refractivity contribution in [2.75, 3.05) is 13.7 Å². The van der Waals surface area contributed by atoms with E-state index in [-0.39, 0.29) is 11.5 Å². The highest BCUT2D eigenvalue weighted by molar-refractivity contribution is 5.38. The van der Waals surface area contributed by atoms with E-state index < -0.39 is 0 Å². The molecule has 98 valence electrons.